The van der Waals surface area contributed by atoms with E-state index >= 15 is 0 Å². The van der Waals surface area contributed by atoms with Crippen LogP contribution in [-0.2, 0) is 17.8 Å². The molecule has 0 spiro atoms. The van der Waals surface area contributed by atoms with Crippen molar-refractivity contribution < 1.29 is 4.79 Å². The van der Waals surface area contributed by atoms with Crippen LogP contribution in [0.5, 0.6) is 0 Å². The van der Waals surface area contributed by atoms with Gasteiger partial charge in [0.1, 0.15) is 0 Å². The molecular formula is C22H28N4O. The van der Waals surface area contributed by atoms with E-state index in [9.17, 15) is 4.79 Å². The molecule has 0 unspecified atom stereocenters. The first-order chi connectivity index (χ1) is 13.3. The molecule has 0 aliphatic carbocycles. The van der Waals surface area contributed by atoms with Crippen LogP contribution in [0, 0.1) is 0 Å². The molecule has 1 heterocycles. The van der Waals surface area contributed by atoms with Crippen molar-refractivity contribution in [3.05, 3.63) is 65.7 Å². The first-order valence-corrected chi connectivity index (χ1v) is 9.64. The average molecular weight is 364 g/mol. The van der Waals surface area contributed by atoms with Gasteiger partial charge in [0, 0.05) is 38.8 Å². The van der Waals surface area contributed by atoms with Crippen molar-refractivity contribution in [3.8, 4) is 0 Å². The van der Waals surface area contributed by atoms with E-state index < -0.39 is 0 Å². The lowest BCUT2D eigenvalue weighted by Crippen LogP contribution is -2.37. The predicted octanol–water partition coefficient (Wildman–Crippen LogP) is 3.11. The molecule has 2 aromatic rings. The highest BCUT2D eigenvalue weighted by Gasteiger charge is 2.21. The zero-order chi connectivity index (χ0) is 18.9. The Morgan fingerprint density at radius 3 is 2.48 bits per heavy atom. The van der Waals surface area contributed by atoms with Crippen LogP contribution in [-0.4, -0.2) is 32.0 Å². The van der Waals surface area contributed by atoms with Gasteiger partial charge in [-0.05, 0) is 42.5 Å². The van der Waals surface area contributed by atoms with E-state index in [0.717, 1.165) is 49.6 Å². The second kappa shape index (κ2) is 9.76. The Morgan fingerprint density at radius 2 is 1.81 bits per heavy atom. The summed E-state index contributed by atoms with van der Waals surface area (Å²) < 4.78 is 0. The number of amides is 1. The van der Waals surface area contributed by atoms with Crippen LogP contribution >= 0.6 is 0 Å². The Kier molecular flexibility index (Phi) is 6.85. The van der Waals surface area contributed by atoms with Gasteiger partial charge in [0.15, 0.2) is 5.96 Å². The Bertz CT molecular complexity index is 756. The second-order valence-corrected chi connectivity index (χ2v) is 6.76. The van der Waals surface area contributed by atoms with E-state index in [1.54, 1.807) is 7.05 Å². The van der Waals surface area contributed by atoms with Crippen molar-refractivity contribution >= 4 is 17.6 Å². The van der Waals surface area contributed by atoms with E-state index in [0.29, 0.717) is 13.0 Å². The summed E-state index contributed by atoms with van der Waals surface area (Å²) >= 11 is 0. The summed E-state index contributed by atoms with van der Waals surface area (Å²) in [6.45, 7) is 2.41. The van der Waals surface area contributed by atoms with Gasteiger partial charge < -0.3 is 15.5 Å². The number of aryl methyl sites for hydroxylation is 1. The Hall–Kier alpha value is -2.82. The van der Waals surface area contributed by atoms with E-state index in [1.807, 2.05) is 23.1 Å². The quantitative estimate of drug-likeness (QED) is 0.451. The maximum Gasteiger partial charge on any atom is 0.227 e. The normalized spacial score (nSPS) is 14.5. The molecule has 2 aromatic carbocycles. The van der Waals surface area contributed by atoms with E-state index in [4.69, 9.17) is 0 Å². The minimum absolute atomic E-state index is 0.223. The van der Waals surface area contributed by atoms with Crippen LogP contribution in [0.25, 0.3) is 0 Å². The predicted molar refractivity (Wildman–Crippen MR) is 111 cm³/mol. The Labute approximate surface area is 161 Å². The van der Waals surface area contributed by atoms with Crippen molar-refractivity contribution in [3.63, 3.8) is 0 Å². The third-order valence-corrected chi connectivity index (χ3v) is 4.78. The summed E-state index contributed by atoms with van der Waals surface area (Å²) in [5.74, 6) is 1.03. The standard InChI is InChI=1S/C22H28N4O/c1-23-22(24-15-5-9-18-7-3-2-4-8-18)25-17-19-11-13-20(14-12-19)26-16-6-10-21(26)27/h2-4,7-8,11-14H,5-6,9-10,15-17H2,1H3,(H2,23,24,25). The smallest absolute Gasteiger partial charge is 0.227 e. The lowest BCUT2D eigenvalue weighted by atomic mass is 10.1. The number of carbonyl (C=O) groups is 1. The number of rotatable bonds is 7. The molecule has 0 radical (unpaired) electrons. The summed E-state index contributed by atoms with van der Waals surface area (Å²) in [4.78, 5) is 18.0. The lowest BCUT2D eigenvalue weighted by Gasteiger charge is -2.16. The lowest BCUT2D eigenvalue weighted by molar-refractivity contribution is -0.117. The number of nitrogens with zero attached hydrogens (tertiary/aromatic N) is 2. The number of guanidine groups is 1. The van der Waals surface area contributed by atoms with Gasteiger partial charge in [0.25, 0.3) is 0 Å². The minimum Gasteiger partial charge on any atom is -0.356 e. The second-order valence-electron chi connectivity index (χ2n) is 6.76. The zero-order valence-corrected chi connectivity index (χ0v) is 15.9. The topological polar surface area (TPSA) is 56.7 Å². The van der Waals surface area contributed by atoms with E-state index in [2.05, 4.69) is 52.0 Å². The molecule has 0 saturated carbocycles. The zero-order valence-electron chi connectivity index (χ0n) is 15.9. The number of hydrogen-bond donors (Lipinski definition) is 2. The summed E-state index contributed by atoms with van der Waals surface area (Å²) in [6.07, 6.45) is 3.73. The molecule has 0 aromatic heterocycles. The fraction of sp³-hybridized carbons (Fsp3) is 0.364. The number of nitrogens with one attached hydrogen (secondary N) is 2. The van der Waals surface area contributed by atoms with Gasteiger partial charge in [0.05, 0.1) is 0 Å². The average Bonchev–Trinajstić information content (AvgIpc) is 3.14. The Morgan fingerprint density at radius 1 is 1.04 bits per heavy atom. The van der Waals surface area contributed by atoms with Crippen LogP contribution in [0.15, 0.2) is 59.6 Å². The first-order valence-electron chi connectivity index (χ1n) is 9.64. The van der Waals surface area contributed by atoms with Gasteiger partial charge in [-0.2, -0.15) is 0 Å². The van der Waals surface area contributed by atoms with Gasteiger partial charge in [-0.1, -0.05) is 42.5 Å². The van der Waals surface area contributed by atoms with Crippen LogP contribution < -0.4 is 15.5 Å². The number of aliphatic imine (C=N–C) groups is 1. The molecule has 1 aliphatic heterocycles. The summed E-state index contributed by atoms with van der Waals surface area (Å²) in [5, 5.41) is 6.70. The van der Waals surface area contributed by atoms with E-state index in [-0.39, 0.29) is 5.91 Å². The van der Waals surface area contributed by atoms with Crippen molar-refractivity contribution in [2.75, 3.05) is 25.0 Å². The molecular weight excluding hydrogens is 336 g/mol. The SMILES string of the molecule is CN=C(NCCCc1ccccc1)NCc1ccc(N2CCCC2=O)cc1. The molecule has 1 aliphatic rings. The molecule has 1 saturated heterocycles. The number of carbonyl (C=O) groups excluding carboxylic acids is 1. The molecule has 5 nitrogen and oxygen atoms in total. The summed E-state index contributed by atoms with van der Waals surface area (Å²) in [5.41, 5.74) is 3.51. The fourth-order valence-electron chi connectivity index (χ4n) is 3.27. The minimum atomic E-state index is 0.223. The first kappa shape index (κ1) is 19.0. The molecule has 0 bridgehead atoms. The molecule has 0 atom stereocenters. The monoisotopic (exact) mass is 364 g/mol. The maximum atomic E-state index is 11.8. The highest BCUT2D eigenvalue weighted by Crippen LogP contribution is 2.21. The van der Waals surface area contributed by atoms with Crippen LogP contribution in [0.4, 0.5) is 5.69 Å². The third-order valence-electron chi connectivity index (χ3n) is 4.78. The Balaban J connectivity index is 1.40. The van der Waals surface area contributed by atoms with Crippen LogP contribution in [0.1, 0.15) is 30.4 Å². The number of benzene rings is 2. The van der Waals surface area contributed by atoms with Gasteiger partial charge in [0.2, 0.25) is 5.91 Å². The highest BCUT2D eigenvalue weighted by atomic mass is 16.2. The molecule has 1 amide bonds. The van der Waals surface area contributed by atoms with Gasteiger partial charge in [-0.25, -0.2) is 0 Å². The molecule has 3 rings (SSSR count). The number of anilines is 1. The molecule has 1 fully saturated rings. The van der Waals surface area contributed by atoms with Crippen molar-refractivity contribution in [2.24, 2.45) is 4.99 Å². The highest BCUT2D eigenvalue weighted by molar-refractivity contribution is 5.95. The van der Waals surface area contributed by atoms with Crippen molar-refractivity contribution in [2.45, 2.75) is 32.2 Å². The van der Waals surface area contributed by atoms with Crippen LogP contribution in [0.2, 0.25) is 0 Å². The fourth-order valence-corrected chi connectivity index (χ4v) is 3.27. The largest absolute Gasteiger partial charge is 0.356 e. The molecule has 142 valence electrons. The molecule has 2 N–H and O–H groups in total. The van der Waals surface area contributed by atoms with Crippen LogP contribution in [0.3, 0.4) is 0 Å². The van der Waals surface area contributed by atoms with E-state index in [1.165, 1.54) is 5.56 Å². The summed E-state index contributed by atoms with van der Waals surface area (Å²) in [7, 11) is 1.79. The van der Waals surface area contributed by atoms with Crippen molar-refractivity contribution in [1.29, 1.82) is 0 Å². The molecule has 27 heavy (non-hydrogen) atoms. The molecule has 5 heteroatoms. The van der Waals surface area contributed by atoms with Gasteiger partial charge >= 0.3 is 0 Å². The van der Waals surface area contributed by atoms with Gasteiger partial charge in [-0.3, -0.25) is 9.79 Å². The van der Waals surface area contributed by atoms with Gasteiger partial charge in [-0.15, -0.1) is 0 Å². The third kappa shape index (κ3) is 5.58. The summed E-state index contributed by atoms with van der Waals surface area (Å²) in [6, 6.07) is 18.7. The van der Waals surface area contributed by atoms with Crippen molar-refractivity contribution in [1.82, 2.24) is 10.6 Å². The number of hydrogen-bond acceptors (Lipinski definition) is 2. The maximum absolute atomic E-state index is 11.8.